The quantitative estimate of drug-likeness (QED) is 0.876. The van der Waals surface area contributed by atoms with Gasteiger partial charge in [-0.1, -0.05) is 30.3 Å². The molecule has 20 heavy (non-hydrogen) atoms. The first kappa shape index (κ1) is 14.0. The molecule has 0 saturated heterocycles. The Hall–Kier alpha value is -2.43. The van der Waals surface area contributed by atoms with Crippen LogP contribution in [0.15, 0.2) is 41.3 Å². The van der Waals surface area contributed by atoms with E-state index in [1.54, 1.807) is 0 Å². The van der Waals surface area contributed by atoms with E-state index >= 15 is 0 Å². The van der Waals surface area contributed by atoms with Gasteiger partial charge in [0.1, 0.15) is 5.69 Å². The maximum Gasteiger partial charge on any atom is 0.270 e. The number of aromatic nitrogens is 2. The van der Waals surface area contributed by atoms with Gasteiger partial charge in [-0.3, -0.25) is 9.59 Å². The molecule has 5 nitrogen and oxygen atoms in total. The molecule has 0 unspecified atom stereocenters. The molecule has 0 aliphatic rings. The Morgan fingerprint density at radius 1 is 1.20 bits per heavy atom. The van der Waals surface area contributed by atoms with Gasteiger partial charge in [0.15, 0.2) is 0 Å². The number of benzene rings is 1. The molecule has 104 valence electrons. The highest BCUT2D eigenvalue weighted by Crippen LogP contribution is 2.18. The molecule has 1 aromatic heterocycles. The number of carbonyl (C=O) groups is 1. The summed E-state index contributed by atoms with van der Waals surface area (Å²) in [5.74, 6) is -0.346. The van der Waals surface area contributed by atoms with E-state index in [0.29, 0.717) is 5.69 Å². The lowest BCUT2D eigenvalue weighted by molar-refractivity contribution is 0.0914. The van der Waals surface area contributed by atoms with Crippen LogP contribution >= 0.6 is 0 Å². The number of carbonyl (C=O) groups excluding carboxylic acids is 1. The largest absolute Gasteiger partial charge is 0.346 e. The van der Waals surface area contributed by atoms with Crippen LogP contribution in [0.5, 0.6) is 0 Å². The van der Waals surface area contributed by atoms with Gasteiger partial charge in [0.25, 0.3) is 11.5 Å². The normalized spacial score (nSPS) is 11.2. The zero-order valence-electron chi connectivity index (χ0n) is 11.7. The van der Waals surface area contributed by atoms with E-state index in [0.717, 1.165) is 5.56 Å². The number of nitrogens with zero attached hydrogens (tertiary/aromatic N) is 1. The summed E-state index contributed by atoms with van der Waals surface area (Å²) in [4.78, 5) is 30.4. The summed E-state index contributed by atoms with van der Waals surface area (Å²) in [5.41, 5.74) is 0.634. The summed E-state index contributed by atoms with van der Waals surface area (Å²) in [7, 11) is 0. The van der Waals surface area contributed by atoms with Crippen LogP contribution < -0.4 is 10.9 Å². The molecule has 2 aromatic rings. The summed E-state index contributed by atoms with van der Waals surface area (Å²) in [6.45, 7) is 5.63. The third-order valence-corrected chi connectivity index (χ3v) is 2.56. The minimum Gasteiger partial charge on any atom is -0.346 e. The Bertz CT molecular complexity index is 670. The van der Waals surface area contributed by atoms with Gasteiger partial charge < -0.3 is 10.3 Å². The highest BCUT2D eigenvalue weighted by Gasteiger charge is 2.20. The lowest BCUT2D eigenvalue weighted by atomic mass is 10.1. The fourth-order valence-corrected chi connectivity index (χ4v) is 1.78. The minimum absolute atomic E-state index is 0.179. The predicted molar refractivity (Wildman–Crippen MR) is 77.5 cm³/mol. The van der Waals surface area contributed by atoms with E-state index in [1.165, 1.54) is 6.20 Å². The van der Waals surface area contributed by atoms with Crippen molar-refractivity contribution in [2.45, 2.75) is 26.3 Å². The van der Waals surface area contributed by atoms with Gasteiger partial charge in [-0.2, -0.15) is 0 Å². The molecule has 0 radical (unpaired) electrons. The highest BCUT2D eigenvalue weighted by atomic mass is 16.2. The molecular weight excluding hydrogens is 254 g/mol. The number of aromatic amines is 1. The second-order valence-corrected chi connectivity index (χ2v) is 5.54. The van der Waals surface area contributed by atoms with Gasteiger partial charge in [0, 0.05) is 11.1 Å². The Kier molecular flexibility index (Phi) is 3.70. The van der Waals surface area contributed by atoms with Gasteiger partial charge in [-0.05, 0) is 20.8 Å². The SMILES string of the molecule is CC(C)(C)NC(=O)c1[nH]c(=O)cnc1-c1ccccc1. The van der Waals surface area contributed by atoms with E-state index < -0.39 is 11.1 Å². The van der Waals surface area contributed by atoms with Crippen LogP contribution in [-0.4, -0.2) is 21.4 Å². The first-order valence-corrected chi connectivity index (χ1v) is 6.34. The van der Waals surface area contributed by atoms with E-state index in [2.05, 4.69) is 15.3 Å². The third-order valence-electron chi connectivity index (χ3n) is 2.56. The second-order valence-electron chi connectivity index (χ2n) is 5.54. The number of hydrogen-bond donors (Lipinski definition) is 2. The maximum absolute atomic E-state index is 12.3. The van der Waals surface area contributed by atoms with Crippen molar-refractivity contribution in [2.75, 3.05) is 0 Å². The van der Waals surface area contributed by atoms with Gasteiger partial charge in [-0.25, -0.2) is 4.98 Å². The topological polar surface area (TPSA) is 74.8 Å². The molecule has 5 heteroatoms. The molecule has 1 aromatic carbocycles. The van der Waals surface area contributed by atoms with E-state index in [9.17, 15) is 9.59 Å². The lowest BCUT2D eigenvalue weighted by Gasteiger charge is -2.21. The number of nitrogens with one attached hydrogen (secondary N) is 2. The molecule has 0 spiro atoms. The van der Waals surface area contributed by atoms with E-state index in [1.807, 2.05) is 51.1 Å². The fraction of sp³-hybridized carbons (Fsp3) is 0.267. The molecular formula is C15H17N3O2. The van der Waals surface area contributed by atoms with Crippen LogP contribution in [0.25, 0.3) is 11.3 Å². The van der Waals surface area contributed by atoms with Crippen molar-refractivity contribution in [3.63, 3.8) is 0 Å². The van der Waals surface area contributed by atoms with Gasteiger partial charge in [0.2, 0.25) is 0 Å². The van der Waals surface area contributed by atoms with Crippen molar-refractivity contribution in [1.29, 1.82) is 0 Å². The van der Waals surface area contributed by atoms with Crippen molar-refractivity contribution in [3.05, 3.63) is 52.6 Å². The van der Waals surface area contributed by atoms with Crippen molar-refractivity contribution in [1.82, 2.24) is 15.3 Å². The van der Waals surface area contributed by atoms with Gasteiger partial charge in [-0.15, -0.1) is 0 Å². The summed E-state index contributed by atoms with van der Waals surface area (Å²) >= 11 is 0. The number of H-pyrrole nitrogens is 1. The van der Waals surface area contributed by atoms with Crippen LogP contribution in [-0.2, 0) is 0 Å². The average molecular weight is 271 g/mol. The third kappa shape index (κ3) is 3.32. The second kappa shape index (κ2) is 5.28. The molecule has 1 heterocycles. The van der Waals surface area contributed by atoms with Crippen LogP contribution in [0.2, 0.25) is 0 Å². The predicted octanol–water partition coefficient (Wildman–Crippen LogP) is 1.97. The molecule has 0 aliphatic carbocycles. The molecule has 2 N–H and O–H groups in total. The average Bonchev–Trinajstić information content (AvgIpc) is 2.37. The van der Waals surface area contributed by atoms with Crippen molar-refractivity contribution < 1.29 is 4.79 Å². The summed E-state index contributed by atoms with van der Waals surface area (Å²) in [5, 5.41) is 2.82. The zero-order chi connectivity index (χ0) is 14.8. The monoisotopic (exact) mass is 271 g/mol. The highest BCUT2D eigenvalue weighted by molar-refractivity contribution is 5.98. The van der Waals surface area contributed by atoms with Crippen molar-refractivity contribution in [3.8, 4) is 11.3 Å². The molecule has 0 saturated carbocycles. The first-order chi connectivity index (χ1) is 9.37. The Morgan fingerprint density at radius 2 is 1.85 bits per heavy atom. The molecule has 0 bridgehead atoms. The van der Waals surface area contributed by atoms with Crippen molar-refractivity contribution in [2.24, 2.45) is 0 Å². The molecule has 0 atom stereocenters. The van der Waals surface area contributed by atoms with Crippen LogP contribution in [0.1, 0.15) is 31.3 Å². The smallest absolute Gasteiger partial charge is 0.270 e. The number of amides is 1. The lowest BCUT2D eigenvalue weighted by Crippen LogP contribution is -2.41. The fourth-order valence-electron chi connectivity index (χ4n) is 1.78. The maximum atomic E-state index is 12.3. The summed E-state index contributed by atoms with van der Waals surface area (Å²) in [6, 6.07) is 9.27. The Labute approximate surface area is 117 Å². The number of rotatable bonds is 2. The van der Waals surface area contributed by atoms with Crippen LogP contribution in [0, 0.1) is 0 Å². The molecule has 0 fully saturated rings. The Morgan fingerprint density at radius 3 is 2.45 bits per heavy atom. The molecule has 1 amide bonds. The van der Waals surface area contributed by atoms with Gasteiger partial charge >= 0.3 is 0 Å². The minimum atomic E-state index is -0.399. The van der Waals surface area contributed by atoms with Crippen molar-refractivity contribution >= 4 is 5.91 Å². The van der Waals surface area contributed by atoms with Gasteiger partial charge in [0.05, 0.1) is 11.9 Å². The standard InChI is InChI=1S/C15H17N3O2/c1-15(2,3)18-14(20)13-12(16-9-11(19)17-13)10-7-5-4-6-8-10/h4-9H,1-3H3,(H,17,19)(H,18,20). The van der Waals surface area contributed by atoms with E-state index in [-0.39, 0.29) is 11.6 Å². The molecule has 2 rings (SSSR count). The Balaban J connectivity index is 2.50. The number of hydrogen-bond acceptors (Lipinski definition) is 3. The summed E-state index contributed by atoms with van der Waals surface area (Å²) < 4.78 is 0. The zero-order valence-corrected chi connectivity index (χ0v) is 11.7. The van der Waals surface area contributed by atoms with E-state index in [4.69, 9.17) is 0 Å². The van der Waals surface area contributed by atoms with Crippen LogP contribution in [0.4, 0.5) is 0 Å². The molecule has 0 aliphatic heterocycles. The first-order valence-electron chi connectivity index (χ1n) is 6.34. The van der Waals surface area contributed by atoms with Crippen LogP contribution in [0.3, 0.4) is 0 Å². The summed E-state index contributed by atoms with van der Waals surface area (Å²) in [6.07, 6.45) is 1.18.